The van der Waals surface area contributed by atoms with Crippen molar-refractivity contribution in [3.05, 3.63) is 35.4 Å². The molecule has 2 rings (SSSR count). The summed E-state index contributed by atoms with van der Waals surface area (Å²) in [7, 11) is 0. The molecular formula is C13H15NOS2. The van der Waals surface area contributed by atoms with E-state index in [0.29, 0.717) is 5.56 Å². The van der Waals surface area contributed by atoms with E-state index in [-0.39, 0.29) is 4.08 Å². The predicted octanol–water partition coefficient (Wildman–Crippen LogP) is 3.18. The number of hydrogen-bond donors (Lipinski definition) is 1. The summed E-state index contributed by atoms with van der Waals surface area (Å²) in [4.78, 5) is 0. The highest BCUT2D eigenvalue weighted by atomic mass is 32.2. The lowest BCUT2D eigenvalue weighted by Gasteiger charge is -2.36. The quantitative estimate of drug-likeness (QED) is 0.892. The Balaban J connectivity index is 2.18. The predicted molar refractivity (Wildman–Crippen MR) is 74.1 cm³/mol. The van der Waals surface area contributed by atoms with E-state index in [2.05, 4.69) is 13.0 Å². The van der Waals surface area contributed by atoms with Crippen LogP contribution in [0, 0.1) is 11.3 Å². The Morgan fingerprint density at radius 2 is 1.88 bits per heavy atom. The van der Waals surface area contributed by atoms with Gasteiger partial charge in [-0.2, -0.15) is 5.26 Å². The molecule has 1 fully saturated rings. The normalized spacial score (nSPS) is 20.5. The fourth-order valence-electron chi connectivity index (χ4n) is 1.85. The highest BCUT2D eigenvalue weighted by molar-refractivity contribution is 8.18. The van der Waals surface area contributed by atoms with E-state index < -0.39 is 6.10 Å². The Hall–Kier alpha value is -0.630. The van der Waals surface area contributed by atoms with Gasteiger partial charge in [0.15, 0.2) is 0 Å². The van der Waals surface area contributed by atoms with Crippen LogP contribution in [0.2, 0.25) is 0 Å². The van der Waals surface area contributed by atoms with Crippen LogP contribution in [0.4, 0.5) is 0 Å². The first-order valence-electron chi connectivity index (χ1n) is 5.62. The highest BCUT2D eigenvalue weighted by Gasteiger charge is 2.36. The van der Waals surface area contributed by atoms with Crippen LogP contribution >= 0.6 is 23.5 Å². The van der Waals surface area contributed by atoms with Crippen molar-refractivity contribution in [3.63, 3.8) is 0 Å². The first-order valence-corrected chi connectivity index (χ1v) is 7.59. The summed E-state index contributed by atoms with van der Waals surface area (Å²) in [5, 5.41) is 19.2. The van der Waals surface area contributed by atoms with E-state index >= 15 is 0 Å². The minimum atomic E-state index is -0.481. The number of aliphatic hydroxyl groups excluding tert-OH is 1. The Kier molecular flexibility index (Phi) is 4.03. The van der Waals surface area contributed by atoms with Crippen molar-refractivity contribution in [2.75, 3.05) is 11.5 Å². The topological polar surface area (TPSA) is 44.0 Å². The second-order valence-electron chi connectivity index (χ2n) is 4.20. The average Bonchev–Trinajstić information content (AvgIpc) is 2.39. The molecule has 1 saturated heterocycles. The molecule has 0 aromatic heterocycles. The SMILES string of the molecule is CC1(C(O)c2ccc(C#N)cc2)SCCCS1. The van der Waals surface area contributed by atoms with Crippen LogP contribution in [0.3, 0.4) is 0 Å². The standard InChI is InChI=1S/C13H15NOS2/c1-13(16-7-2-8-17-13)12(15)11-5-3-10(9-14)4-6-11/h3-6,12,15H,2,7-8H2,1H3. The van der Waals surface area contributed by atoms with Gasteiger partial charge in [0.1, 0.15) is 6.10 Å². The van der Waals surface area contributed by atoms with Crippen LogP contribution < -0.4 is 0 Å². The Morgan fingerprint density at radius 1 is 1.29 bits per heavy atom. The molecule has 1 atom stereocenters. The van der Waals surface area contributed by atoms with Gasteiger partial charge in [-0.25, -0.2) is 0 Å². The van der Waals surface area contributed by atoms with Crippen molar-refractivity contribution < 1.29 is 5.11 Å². The van der Waals surface area contributed by atoms with E-state index in [1.165, 1.54) is 6.42 Å². The number of rotatable bonds is 2. The molecule has 0 amide bonds. The molecule has 0 spiro atoms. The maximum absolute atomic E-state index is 10.4. The van der Waals surface area contributed by atoms with Crippen LogP contribution in [0.15, 0.2) is 24.3 Å². The number of nitriles is 1. The van der Waals surface area contributed by atoms with E-state index in [9.17, 15) is 5.11 Å². The fraction of sp³-hybridized carbons (Fsp3) is 0.462. The molecule has 1 aliphatic rings. The number of hydrogen-bond acceptors (Lipinski definition) is 4. The Labute approximate surface area is 110 Å². The first kappa shape index (κ1) is 12.8. The monoisotopic (exact) mass is 265 g/mol. The molecule has 2 nitrogen and oxygen atoms in total. The summed E-state index contributed by atoms with van der Waals surface area (Å²) in [5.41, 5.74) is 1.53. The van der Waals surface area contributed by atoms with Gasteiger partial charge in [-0.15, -0.1) is 23.5 Å². The van der Waals surface area contributed by atoms with Crippen molar-refractivity contribution >= 4 is 23.5 Å². The molecule has 1 aliphatic heterocycles. The fourth-order valence-corrected chi connectivity index (χ4v) is 4.84. The van der Waals surface area contributed by atoms with Gasteiger partial charge in [0.25, 0.3) is 0 Å². The summed E-state index contributed by atoms with van der Waals surface area (Å²) < 4.78 is -0.160. The molecule has 0 bridgehead atoms. The minimum Gasteiger partial charge on any atom is -0.386 e. The maximum Gasteiger partial charge on any atom is 0.102 e. The molecule has 17 heavy (non-hydrogen) atoms. The molecule has 0 aliphatic carbocycles. The van der Waals surface area contributed by atoms with E-state index in [4.69, 9.17) is 5.26 Å². The smallest absolute Gasteiger partial charge is 0.102 e. The van der Waals surface area contributed by atoms with Crippen LogP contribution in [-0.2, 0) is 0 Å². The largest absolute Gasteiger partial charge is 0.386 e. The van der Waals surface area contributed by atoms with Crippen LogP contribution in [-0.4, -0.2) is 20.7 Å². The Bertz CT molecular complexity index is 418. The second-order valence-corrected chi connectivity index (χ2v) is 7.55. The number of thioether (sulfide) groups is 2. The molecule has 1 N–H and O–H groups in total. The zero-order chi connectivity index (χ0) is 12.3. The summed E-state index contributed by atoms with van der Waals surface area (Å²) in [6.07, 6.45) is 0.732. The van der Waals surface area contributed by atoms with Gasteiger partial charge >= 0.3 is 0 Å². The lowest BCUT2D eigenvalue weighted by atomic mass is 10.1. The van der Waals surface area contributed by atoms with Gasteiger partial charge in [0.05, 0.1) is 15.7 Å². The second kappa shape index (κ2) is 5.34. The molecule has 90 valence electrons. The zero-order valence-corrected chi connectivity index (χ0v) is 11.4. The molecule has 1 heterocycles. The van der Waals surface area contributed by atoms with E-state index in [1.807, 2.05) is 35.7 Å². The van der Waals surface area contributed by atoms with Crippen LogP contribution in [0.1, 0.15) is 30.6 Å². The molecule has 4 heteroatoms. The number of aliphatic hydroxyl groups is 1. The van der Waals surface area contributed by atoms with Gasteiger partial charge < -0.3 is 5.11 Å². The van der Waals surface area contributed by atoms with Crippen molar-refractivity contribution in [1.82, 2.24) is 0 Å². The Morgan fingerprint density at radius 3 is 2.41 bits per heavy atom. The summed E-state index contributed by atoms with van der Waals surface area (Å²) >= 11 is 3.65. The maximum atomic E-state index is 10.4. The lowest BCUT2D eigenvalue weighted by molar-refractivity contribution is 0.169. The molecule has 1 aromatic carbocycles. The van der Waals surface area contributed by atoms with Gasteiger partial charge in [-0.1, -0.05) is 12.1 Å². The molecule has 1 aromatic rings. The van der Waals surface area contributed by atoms with E-state index in [1.54, 1.807) is 12.1 Å². The third-order valence-corrected chi connectivity index (χ3v) is 6.20. The highest BCUT2D eigenvalue weighted by Crippen LogP contribution is 2.49. The van der Waals surface area contributed by atoms with Crippen molar-refractivity contribution in [2.24, 2.45) is 0 Å². The summed E-state index contributed by atoms with van der Waals surface area (Å²) in [6.45, 7) is 2.10. The number of nitrogens with zero attached hydrogens (tertiary/aromatic N) is 1. The first-order chi connectivity index (χ1) is 8.15. The molecular weight excluding hydrogens is 250 g/mol. The third kappa shape index (κ3) is 2.79. The zero-order valence-electron chi connectivity index (χ0n) is 9.72. The van der Waals surface area contributed by atoms with Gasteiger partial charge in [0, 0.05) is 0 Å². The summed E-state index contributed by atoms with van der Waals surface area (Å²) in [5.74, 6) is 2.22. The minimum absolute atomic E-state index is 0.160. The molecule has 0 radical (unpaired) electrons. The van der Waals surface area contributed by atoms with Gasteiger partial charge in [-0.3, -0.25) is 0 Å². The van der Waals surface area contributed by atoms with Gasteiger partial charge in [-0.05, 0) is 42.5 Å². The number of benzene rings is 1. The van der Waals surface area contributed by atoms with Crippen molar-refractivity contribution in [2.45, 2.75) is 23.5 Å². The van der Waals surface area contributed by atoms with E-state index in [0.717, 1.165) is 17.1 Å². The van der Waals surface area contributed by atoms with Crippen molar-refractivity contribution in [1.29, 1.82) is 5.26 Å². The van der Waals surface area contributed by atoms with Gasteiger partial charge in [0.2, 0.25) is 0 Å². The molecule has 0 saturated carbocycles. The molecule has 1 unspecified atom stereocenters. The van der Waals surface area contributed by atoms with Crippen molar-refractivity contribution in [3.8, 4) is 6.07 Å². The average molecular weight is 265 g/mol. The summed E-state index contributed by atoms with van der Waals surface area (Å²) in [6, 6.07) is 9.32. The van der Waals surface area contributed by atoms with Crippen LogP contribution in [0.5, 0.6) is 0 Å². The van der Waals surface area contributed by atoms with Crippen LogP contribution in [0.25, 0.3) is 0 Å². The third-order valence-electron chi connectivity index (χ3n) is 2.92. The lowest BCUT2D eigenvalue weighted by Crippen LogP contribution is -2.29.